The summed E-state index contributed by atoms with van der Waals surface area (Å²) in [5.74, 6) is 3.11. The van der Waals surface area contributed by atoms with Crippen molar-refractivity contribution in [1.29, 1.82) is 5.26 Å². The summed E-state index contributed by atoms with van der Waals surface area (Å²) in [4.78, 5) is 9.30. The third kappa shape index (κ3) is 5.78. The molecule has 2 aromatic heterocycles. The van der Waals surface area contributed by atoms with E-state index in [1.54, 1.807) is 11.8 Å². The molecule has 0 spiro atoms. The van der Waals surface area contributed by atoms with Crippen molar-refractivity contribution < 1.29 is 4.42 Å². The molecular weight excluding hydrogens is 505 g/mol. The van der Waals surface area contributed by atoms with E-state index in [4.69, 9.17) is 4.42 Å². The van der Waals surface area contributed by atoms with Gasteiger partial charge in [-0.1, -0.05) is 17.8 Å². The minimum absolute atomic E-state index is 0. The number of aromatic nitrogens is 4. The van der Waals surface area contributed by atoms with Crippen molar-refractivity contribution in [3.63, 3.8) is 0 Å². The summed E-state index contributed by atoms with van der Waals surface area (Å²) in [6, 6.07) is 10.9. The van der Waals surface area contributed by atoms with Gasteiger partial charge in [0.05, 0.1) is 17.3 Å². The van der Waals surface area contributed by atoms with Crippen LogP contribution >= 0.6 is 36.6 Å². The highest BCUT2D eigenvalue weighted by molar-refractivity contribution is 7.99. The van der Waals surface area contributed by atoms with Crippen LogP contribution < -0.4 is 4.90 Å². The van der Waals surface area contributed by atoms with Crippen molar-refractivity contribution in [3.8, 4) is 17.7 Å². The van der Waals surface area contributed by atoms with Gasteiger partial charge in [-0.3, -0.25) is 0 Å². The van der Waals surface area contributed by atoms with Crippen LogP contribution in [0.15, 0.2) is 40.2 Å². The topological polar surface area (TPSA) is 87.0 Å². The van der Waals surface area contributed by atoms with Crippen LogP contribution in [0.2, 0.25) is 0 Å². The fourth-order valence-electron chi connectivity index (χ4n) is 5.13. The molecule has 0 bridgehead atoms. The van der Waals surface area contributed by atoms with Crippen LogP contribution in [0.1, 0.15) is 30.5 Å². The van der Waals surface area contributed by atoms with E-state index >= 15 is 0 Å². The fourth-order valence-corrected chi connectivity index (χ4v) is 5.97. The standard InChI is InChI=1S/C24H29N7OS.2ClH/c1-17-22(32-16-26-17)23-27-28-24(29(23)2)33-11-5-9-30-14-19-7-4-10-31(21(19)15-30)20-8-3-6-18(12-20)13-25;;/h3,6,8,12,16,19,21H,4-5,7,9-11,14-15H2,1-2H3;2*1H. The van der Waals surface area contributed by atoms with Crippen molar-refractivity contribution in [3.05, 3.63) is 41.9 Å². The van der Waals surface area contributed by atoms with E-state index in [1.165, 1.54) is 31.5 Å². The van der Waals surface area contributed by atoms with Gasteiger partial charge >= 0.3 is 0 Å². The summed E-state index contributed by atoms with van der Waals surface area (Å²) < 4.78 is 7.45. The number of piperidine rings is 1. The molecule has 3 aromatic rings. The molecule has 0 N–H and O–H groups in total. The van der Waals surface area contributed by atoms with Gasteiger partial charge in [0, 0.05) is 44.2 Å². The first kappa shape index (κ1) is 27.3. The van der Waals surface area contributed by atoms with Crippen molar-refractivity contribution in [2.45, 2.75) is 37.4 Å². The normalized spacial score (nSPS) is 19.5. The largest absolute Gasteiger partial charge is 0.440 e. The lowest BCUT2D eigenvalue weighted by atomic mass is 9.91. The number of benzene rings is 1. The quantitative estimate of drug-likeness (QED) is 0.321. The lowest BCUT2D eigenvalue weighted by Crippen LogP contribution is -2.45. The molecule has 0 aliphatic carbocycles. The second-order valence-corrected chi connectivity index (χ2v) is 9.98. The average molecular weight is 537 g/mol. The molecule has 35 heavy (non-hydrogen) atoms. The molecule has 1 aromatic carbocycles. The van der Waals surface area contributed by atoms with Crippen molar-refractivity contribution >= 4 is 42.3 Å². The molecule has 11 heteroatoms. The van der Waals surface area contributed by atoms with E-state index in [9.17, 15) is 5.26 Å². The molecule has 2 fully saturated rings. The van der Waals surface area contributed by atoms with E-state index in [1.807, 2.05) is 36.7 Å². The third-order valence-electron chi connectivity index (χ3n) is 6.80. The fraction of sp³-hybridized carbons (Fsp3) is 0.500. The summed E-state index contributed by atoms with van der Waals surface area (Å²) in [7, 11) is 1.97. The first-order valence-corrected chi connectivity index (χ1v) is 12.5. The van der Waals surface area contributed by atoms with Gasteiger partial charge in [-0.25, -0.2) is 4.98 Å². The molecule has 4 heterocycles. The smallest absolute Gasteiger partial charge is 0.202 e. The van der Waals surface area contributed by atoms with Gasteiger partial charge < -0.3 is 18.8 Å². The Morgan fingerprint density at radius 1 is 1.23 bits per heavy atom. The number of hydrogen-bond donors (Lipinski definition) is 0. The van der Waals surface area contributed by atoms with Gasteiger partial charge in [-0.15, -0.1) is 35.0 Å². The SMILES string of the molecule is Cc1ncoc1-c1nnc(SCCCN2CC3CCCN(c4cccc(C#N)c4)C3C2)n1C.Cl.Cl. The highest BCUT2D eigenvalue weighted by Gasteiger charge is 2.38. The second-order valence-electron chi connectivity index (χ2n) is 8.92. The summed E-state index contributed by atoms with van der Waals surface area (Å²) >= 11 is 1.74. The monoisotopic (exact) mass is 535 g/mol. The van der Waals surface area contributed by atoms with E-state index < -0.39 is 0 Å². The minimum Gasteiger partial charge on any atom is -0.440 e. The number of nitriles is 1. The first-order valence-electron chi connectivity index (χ1n) is 11.6. The lowest BCUT2D eigenvalue weighted by molar-refractivity contribution is 0.322. The highest BCUT2D eigenvalue weighted by Crippen LogP contribution is 2.34. The minimum atomic E-state index is 0. The zero-order chi connectivity index (χ0) is 22.8. The zero-order valence-electron chi connectivity index (χ0n) is 20.0. The van der Waals surface area contributed by atoms with Crippen LogP contribution in [0.3, 0.4) is 0 Å². The summed E-state index contributed by atoms with van der Waals surface area (Å²) in [5.41, 5.74) is 2.76. The molecule has 0 amide bonds. The van der Waals surface area contributed by atoms with Gasteiger partial charge in [0.25, 0.3) is 0 Å². The summed E-state index contributed by atoms with van der Waals surface area (Å²) in [6.45, 7) is 6.36. The Bertz CT molecular complexity index is 1160. The molecule has 2 atom stereocenters. The van der Waals surface area contributed by atoms with Crippen LogP contribution in [0.4, 0.5) is 5.69 Å². The Labute approximate surface area is 222 Å². The first-order chi connectivity index (χ1) is 16.1. The van der Waals surface area contributed by atoms with Crippen LogP contribution in [0, 0.1) is 24.2 Å². The highest BCUT2D eigenvalue weighted by atomic mass is 35.5. The van der Waals surface area contributed by atoms with Gasteiger partial charge in [0.1, 0.15) is 0 Å². The van der Waals surface area contributed by atoms with Gasteiger partial charge in [0.15, 0.2) is 17.3 Å². The van der Waals surface area contributed by atoms with Crippen LogP contribution in [-0.4, -0.2) is 62.6 Å². The molecule has 0 radical (unpaired) electrons. The Morgan fingerprint density at radius 3 is 2.86 bits per heavy atom. The number of hydrogen-bond acceptors (Lipinski definition) is 8. The number of fused-ring (bicyclic) bond motifs is 1. The van der Waals surface area contributed by atoms with Gasteiger partial charge in [-0.2, -0.15) is 5.26 Å². The molecule has 8 nitrogen and oxygen atoms in total. The Morgan fingerprint density at radius 2 is 2.09 bits per heavy atom. The Hall–Kier alpha value is -2.25. The summed E-state index contributed by atoms with van der Waals surface area (Å²) in [6.07, 6.45) is 5.08. The van der Waals surface area contributed by atoms with Gasteiger partial charge in [-0.05, 0) is 56.8 Å². The number of aryl methyl sites for hydroxylation is 1. The molecule has 5 rings (SSSR count). The molecule has 0 saturated carbocycles. The molecule has 2 aliphatic rings. The van der Waals surface area contributed by atoms with Crippen molar-refractivity contribution in [2.75, 3.05) is 36.8 Å². The number of oxazole rings is 1. The zero-order valence-corrected chi connectivity index (χ0v) is 22.4. The molecular formula is C24H31Cl2N7OS. The van der Waals surface area contributed by atoms with E-state index in [-0.39, 0.29) is 24.8 Å². The maximum atomic E-state index is 9.28. The lowest BCUT2D eigenvalue weighted by Gasteiger charge is -2.39. The van der Waals surface area contributed by atoms with Crippen LogP contribution in [0.5, 0.6) is 0 Å². The van der Waals surface area contributed by atoms with Crippen LogP contribution in [-0.2, 0) is 7.05 Å². The van der Waals surface area contributed by atoms with E-state index in [0.717, 1.165) is 54.0 Å². The number of nitrogens with zero attached hydrogens (tertiary/aromatic N) is 7. The van der Waals surface area contributed by atoms with E-state index in [2.05, 4.69) is 37.1 Å². The number of rotatable bonds is 7. The van der Waals surface area contributed by atoms with Crippen LogP contribution in [0.25, 0.3) is 11.6 Å². The van der Waals surface area contributed by atoms with Crippen molar-refractivity contribution in [2.24, 2.45) is 13.0 Å². The van der Waals surface area contributed by atoms with E-state index in [0.29, 0.717) is 17.7 Å². The Balaban J connectivity index is 0.00000171. The Kier molecular flexibility index (Phi) is 9.47. The molecule has 2 aliphatic heterocycles. The number of likely N-dealkylation sites (tertiary alicyclic amines) is 1. The maximum Gasteiger partial charge on any atom is 0.202 e. The molecule has 2 unspecified atom stereocenters. The molecule has 188 valence electrons. The predicted molar refractivity (Wildman–Crippen MR) is 143 cm³/mol. The number of halogens is 2. The third-order valence-corrected chi connectivity index (χ3v) is 7.90. The van der Waals surface area contributed by atoms with Gasteiger partial charge in [0.2, 0.25) is 5.82 Å². The number of anilines is 1. The van der Waals surface area contributed by atoms with Crippen molar-refractivity contribution in [1.82, 2.24) is 24.6 Å². The second kappa shape index (κ2) is 12.1. The summed E-state index contributed by atoms with van der Waals surface area (Å²) in [5, 5.41) is 18.8. The molecule has 2 saturated heterocycles. The average Bonchev–Trinajstić information content (AvgIpc) is 3.54. The maximum absolute atomic E-state index is 9.28. The number of thioether (sulfide) groups is 1. The predicted octanol–water partition coefficient (Wildman–Crippen LogP) is 4.58.